The minimum absolute atomic E-state index is 0.0614. The van der Waals surface area contributed by atoms with Crippen molar-refractivity contribution in [2.75, 3.05) is 5.32 Å². The number of imidazole rings is 1. The van der Waals surface area contributed by atoms with E-state index in [1.54, 1.807) is 0 Å². The number of nitrogens with one attached hydrogen (secondary N) is 2. The van der Waals surface area contributed by atoms with E-state index < -0.39 is 5.60 Å². The first kappa shape index (κ1) is 30.1. The molecule has 0 aliphatic carbocycles. The van der Waals surface area contributed by atoms with Crippen molar-refractivity contribution in [2.45, 2.75) is 91.1 Å². The highest BCUT2D eigenvalue weighted by Gasteiger charge is 2.31. The Kier molecular flexibility index (Phi) is 8.77. The van der Waals surface area contributed by atoms with Crippen molar-refractivity contribution in [3.05, 3.63) is 90.1 Å². The number of H-pyrrole nitrogens is 1. The van der Waals surface area contributed by atoms with Gasteiger partial charge in [0.25, 0.3) is 0 Å². The summed E-state index contributed by atoms with van der Waals surface area (Å²) in [7, 11) is 0. The number of para-hydroxylation sites is 1. The van der Waals surface area contributed by atoms with Crippen LogP contribution in [0.2, 0.25) is 0 Å². The zero-order valence-electron chi connectivity index (χ0n) is 25.9. The van der Waals surface area contributed by atoms with Gasteiger partial charge in [-0.25, -0.2) is 4.98 Å². The second kappa shape index (κ2) is 11.9. The van der Waals surface area contributed by atoms with Gasteiger partial charge in [0, 0.05) is 11.1 Å². The number of aromatic nitrogens is 2. The minimum atomic E-state index is -0.718. The van der Waals surface area contributed by atoms with Crippen LogP contribution in [0.5, 0.6) is 5.75 Å². The van der Waals surface area contributed by atoms with Crippen molar-refractivity contribution in [1.29, 1.82) is 0 Å². The van der Waals surface area contributed by atoms with Crippen molar-refractivity contribution in [3.63, 3.8) is 0 Å². The lowest BCUT2D eigenvalue weighted by Crippen LogP contribution is -2.35. The molecule has 0 bridgehead atoms. The van der Waals surface area contributed by atoms with Gasteiger partial charge in [0.1, 0.15) is 17.2 Å². The Morgan fingerprint density at radius 2 is 1.51 bits per heavy atom. The molecule has 1 amide bonds. The number of anilines is 1. The molecule has 1 aromatic heterocycles. The summed E-state index contributed by atoms with van der Waals surface area (Å²) in [5.41, 5.74) is 5.33. The number of hydrogen-bond acceptors (Lipinski definition) is 3. The minimum Gasteiger partial charge on any atom is -0.487 e. The highest BCUT2D eigenvalue weighted by Crippen LogP contribution is 2.40. The monoisotopic (exact) mass is 551 g/mol. The molecule has 3 aromatic carbocycles. The molecule has 0 saturated carbocycles. The summed E-state index contributed by atoms with van der Waals surface area (Å²) in [5, 5.41) is 3.11. The lowest BCUT2D eigenvalue weighted by atomic mass is 9.76. The van der Waals surface area contributed by atoms with Gasteiger partial charge >= 0.3 is 0 Å². The van der Waals surface area contributed by atoms with Crippen molar-refractivity contribution >= 4 is 11.6 Å². The van der Waals surface area contributed by atoms with Crippen molar-refractivity contribution < 1.29 is 9.53 Å². The van der Waals surface area contributed by atoms with Gasteiger partial charge in [-0.15, -0.1) is 0 Å². The molecule has 5 nitrogen and oxygen atoms in total. The van der Waals surface area contributed by atoms with Crippen LogP contribution in [0, 0.1) is 0 Å². The Labute approximate surface area is 245 Å². The average Bonchev–Trinajstić information content (AvgIpc) is 3.43. The highest BCUT2D eigenvalue weighted by molar-refractivity contribution is 5.95. The molecule has 0 fully saturated rings. The van der Waals surface area contributed by atoms with Crippen LogP contribution in [0.15, 0.2) is 79.0 Å². The molecule has 2 N–H and O–H groups in total. The van der Waals surface area contributed by atoms with Crippen molar-refractivity contribution in [2.24, 2.45) is 0 Å². The lowest BCUT2D eigenvalue weighted by molar-refractivity contribution is -0.119. The number of hydrogen-bond donors (Lipinski definition) is 2. The number of rotatable bonds is 11. The normalized spacial score (nSPS) is 12.3. The molecule has 0 saturated heterocycles. The molecule has 1 heterocycles. The topological polar surface area (TPSA) is 67.0 Å². The SMILES string of the molecule is CCC(C)(C)c1ccc(OC(C)(C)CC(=O)Nc2ccccc2-c2ncc(-c3ccccc3)[nH]2)c(C(C)(C)CC)c1. The van der Waals surface area contributed by atoms with Gasteiger partial charge < -0.3 is 15.0 Å². The van der Waals surface area contributed by atoms with Crippen LogP contribution < -0.4 is 10.1 Å². The van der Waals surface area contributed by atoms with Crippen LogP contribution in [-0.2, 0) is 15.6 Å². The number of amides is 1. The summed E-state index contributed by atoms with van der Waals surface area (Å²) >= 11 is 0. The lowest BCUT2D eigenvalue weighted by Gasteiger charge is -2.34. The third-order valence-corrected chi connectivity index (χ3v) is 8.35. The van der Waals surface area contributed by atoms with E-state index in [0.717, 1.165) is 35.4 Å². The fourth-order valence-electron chi connectivity index (χ4n) is 4.90. The molecule has 0 aliphatic heterocycles. The van der Waals surface area contributed by atoms with Gasteiger partial charge in [0.05, 0.1) is 24.0 Å². The van der Waals surface area contributed by atoms with Gasteiger partial charge in [0.2, 0.25) is 5.91 Å². The van der Waals surface area contributed by atoms with E-state index in [9.17, 15) is 4.79 Å². The largest absolute Gasteiger partial charge is 0.487 e. The third kappa shape index (κ3) is 7.08. The summed E-state index contributed by atoms with van der Waals surface area (Å²) in [6, 6.07) is 24.4. The first-order valence-electron chi connectivity index (χ1n) is 14.7. The van der Waals surface area contributed by atoms with Gasteiger partial charge in [-0.2, -0.15) is 0 Å². The number of carbonyl (C=O) groups is 1. The summed E-state index contributed by atoms with van der Waals surface area (Å²) in [5.74, 6) is 1.43. The fourth-order valence-corrected chi connectivity index (χ4v) is 4.90. The molecule has 5 heteroatoms. The molecule has 0 radical (unpaired) electrons. The molecular formula is C36H45N3O2. The first-order chi connectivity index (χ1) is 19.3. The predicted molar refractivity (Wildman–Crippen MR) is 170 cm³/mol. The Bertz CT molecular complexity index is 1480. The molecule has 0 spiro atoms. The number of aromatic amines is 1. The molecule has 0 aliphatic rings. The predicted octanol–water partition coefficient (Wildman–Crippen LogP) is 9.31. The van der Waals surface area contributed by atoms with Crippen LogP contribution in [0.1, 0.15) is 85.8 Å². The fraction of sp³-hybridized carbons (Fsp3) is 0.389. The molecule has 216 valence electrons. The third-order valence-electron chi connectivity index (χ3n) is 8.35. The van der Waals surface area contributed by atoms with Crippen LogP contribution in [0.25, 0.3) is 22.6 Å². The van der Waals surface area contributed by atoms with E-state index in [1.807, 2.05) is 74.6 Å². The molecule has 41 heavy (non-hydrogen) atoms. The van der Waals surface area contributed by atoms with Crippen LogP contribution >= 0.6 is 0 Å². The first-order valence-corrected chi connectivity index (χ1v) is 14.7. The van der Waals surface area contributed by atoms with Gasteiger partial charge in [-0.3, -0.25) is 4.79 Å². The maximum atomic E-state index is 13.4. The van der Waals surface area contributed by atoms with Gasteiger partial charge in [0.15, 0.2) is 0 Å². The molecule has 0 unspecified atom stereocenters. The van der Waals surface area contributed by atoms with Gasteiger partial charge in [-0.1, -0.05) is 96.1 Å². The van der Waals surface area contributed by atoms with Crippen LogP contribution in [0.3, 0.4) is 0 Å². The Balaban J connectivity index is 1.53. The zero-order chi connectivity index (χ0) is 29.8. The number of carbonyl (C=O) groups excluding carboxylic acids is 1. The maximum absolute atomic E-state index is 13.4. The molecular weight excluding hydrogens is 506 g/mol. The highest BCUT2D eigenvalue weighted by atomic mass is 16.5. The number of nitrogens with zero attached hydrogens (tertiary/aromatic N) is 1. The van der Waals surface area contributed by atoms with E-state index in [4.69, 9.17) is 4.74 Å². The van der Waals surface area contributed by atoms with E-state index >= 15 is 0 Å². The van der Waals surface area contributed by atoms with E-state index in [1.165, 1.54) is 11.1 Å². The van der Waals surface area contributed by atoms with Crippen molar-refractivity contribution in [3.8, 4) is 28.4 Å². The second-order valence-electron chi connectivity index (χ2n) is 12.8. The van der Waals surface area contributed by atoms with Crippen LogP contribution in [0.4, 0.5) is 5.69 Å². The number of benzene rings is 3. The molecule has 4 rings (SSSR count). The molecule has 4 aromatic rings. The van der Waals surface area contributed by atoms with E-state index in [2.05, 4.69) is 75.0 Å². The summed E-state index contributed by atoms with van der Waals surface area (Å²) in [4.78, 5) is 21.4. The second-order valence-corrected chi connectivity index (χ2v) is 12.8. The Hall–Kier alpha value is -3.86. The Morgan fingerprint density at radius 3 is 2.20 bits per heavy atom. The Morgan fingerprint density at radius 1 is 0.854 bits per heavy atom. The zero-order valence-corrected chi connectivity index (χ0v) is 25.9. The summed E-state index contributed by atoms with van der Waals surface area (Å²) in [6.07, 6.45) is 4.05. The van der Waals surface area contributed by atoms with Crippen molar-refractivity contribution in [1.82, 2.24) is 9.97 Å². The molecule has 0 atom stereocenters. The standard InChI is InChI=1S/C36H45N3O2/c1-9-34(3,4)26-20-21-31(28(22-26)35(5,6)10-2)41-36(7,8)23-32(40)38-29-19-15-14-18-27(29)33-37-24-30(39-33)25-16-12-11-13-17-25/h11-22,24H,9-10,23H2,1-8H3,(H,37,39)(H,38,40). The van der Waals surface area contributed by atoms with Gasteiger partial charge in [-0.05, 0) is 66.8 Å². The number of ether oxygens (including phenoxy) is 1. The van der Waals surface area contributed by atoms with E-state index in [-0.39, 0.29) is 23.2 Å². The summed E-state index contributed by atoms with van der Waals surface area (Å²) in [6.45, 7) is 17.5. The maximum Gasteiger partial charge on any atom is 0.228 e. The smallest absolute Gasteiger partial charge is 0.228 e. The van der Waals surface area contributed by atoms with Crippen LogP contribution in [-0.4, -0.2) is 21.5 Å². The quantitative estimate of drug-likeness (QED) is 0.195. The summed E-state index contributed by atoms with van der Waals surface area (Å²) < 4.78 is 6.62. The average molecular weight is 552 g/mol. The van der Waals surface area contributed by atoms with E-state index in [0.29, 0.717) is 11.5 Å².